The van der Waals surface area contributed by atoms with Crippen molar-refractivity contribution in [2.45, 2.75) is 0 Å². The van der Waals surface area contributed by atoms with Crippen LogP contribution in [-0.4, -0.2) is 9.13 Å². The lowest BCUT2D eigenvalue weighted by Gasteiger charge is -2.14. The molecule has 0 fully saturated rings. The topological polar surface area (TPSA) is 23.0 Å². The fourth-order valence-electron chi connectivity index (χ4n) is 9.67. The first kappa shape index (κ1) is 27.6. The normalized spacial score (nSPS) is 12.5. The van der Waals surface area contributed by atoms with Crippen molar-refractivity contribution in [3.8, 4) is 33.6 Å². The Kier molecular flexibility index (Phi) is 5.11. The van der Waals surface area contributed by atoms with Crippen LogP contribution in [-0.2, 0) is 0 Å². The molecule has 0 spiro atoms. The molecule has 0 radical (unpaired) electrons. The Morgan fingerprint density at radius 3 is 1.94 bits per heavy atom. The molecule has 0 atom stereocenters. The van der Waals surface area contributed by atoms with Gasteiger partial charge in [-0.3, -0.25) is 0 Å². The Hall–Kier alpha value is -7.10. The second kappa shape index (κ2) is 9.81. The molecule has 0 saturated heterocycles. The summed E-state index contributed by atoms with van der Waals surface area (Å²) in [6.45, 7) is 0. The smallest absolute Gasteiger partial charge is 0.137 e. The van der Waals surface area contributed by atoms with Gasteiger partial charge in [-0.05, 0) is 86.9 Å². The van der Waals surface area contributed by atoms with Gasteiger partial charge in [0.15, 0.2) is 0 Å². The first-order valence-corrected chi connectivity index (χ1v) is 18.3. The molecule has 1 aliphatic carbocycles. The van der Waals surface area contributed by atoms with Crippen molar-refractivity contribution >= 4 is 87.1 Å². The van der Waals surface area contributed by atoms with Crippen LogP contribution in [0.5, 0.6) is 0 Å². The Labute approximate surface area is 303 Å². The third kappa shape index (κ3) is 3.44. The van der Waals surface area contributed by atoms with E-state index in [0.717, 1.165) is 33.1 Å². The van der Waals surface area contributed by atoms with E-state index < -0.39 is 0 Å². The first-order chi connectivity index (χ1) is 26.3. The highest BCUT2D eigenvalue weighted by atomic mass is 16.3. The van der Waals surface area contributed by atoms with Crippen molar-refractivity contribution in [3.63, 3.8) is 0 Å². The van der Waals surface area contributed by atoms with Gasteiger partial charge in [0.2, 0.25) is 0 Å². The van der Waals surface area contributed by atoms with E-state index in [1.165, 1.54) is 87.6 Å². The highest BCUT2D eigenvalue weighted by molar-refractivity contribution is 6.32. The van der Waals surface area contributed by atoms with Gasteiger partial charge < -0.3 is 13.6 Å². The van der Waals surface area contributed by atoms with Crippen LogP contribution >= 0.6 is 0 Å². The lowest BCUT2D eigenvalue weighted by Crippen LogP contribution is -1.97. The van der Waals surface area contributed by atoms with Gasteiger partial charge in [-0.1, -0.05) is 121 Å². The summed E-state index contributed by atoms with van der Waals surface area (Å²) in [5.74, 6) is 0. The summed E-state index contributed by atoms with van der Waals surface area (Å²) in [6, 6.07) is 62.3. The zero-order valence-electron chi connectivity index (χ0n) is 28.5. The van der Waals surface area contributed by atoms with E-state index in [9.17, 15) is 0 Å². The number of aromatic nitrogens is 2. The van der Waals surface area contributed by atoms with Crippen molar-refractivity contribution in [3.05, 3.63) is 170 Å². The highest BCUT2D eigenvalue weighted by Crippen LogP contribution is 2.50. The molecule has 53 heavy (non-hydrogen) atoms. The maximum Gasteiger partial charge on any atom is 0.137 e. The molecule has 3 heteroatoms. The molecule has 13 rings (SSSR count). The maximum atomic E-state index is 6.53. The van der Waals surface area contributed by atoms with Gasteiger partial charge in [0, 0.05) is 38.0 Å². The molecular weight excluding hydrogens is 645 g/mol. The summed E-state index contributed by atoms with van der Waals surface area (Å²) in [7, 11) is 0. The van der Waals surface area contributed by atoms with Gasteiger partial charge in [0.25, 0.3) is 0 Å². The van der Waals surface area contributed by atoms with Crippen molar-refractivity contribution in [1.29, 1.82) is 0 Å². The Morgan fingerprint density at radius 1 is 0.340 bits per heavy atom. The van der Waals surface area contributed by atoms with Crippen LogP contribution in [0.4, 0.5) is 0 Å². The lowest BCUT2D eigenvalue weighted by atomic mass is 10.0. The van der Waals surface area contributed by atoms with Crippen LogP contribution in [0.3, 0.4) is 0 Å². The Morgan fingerprint density at radius 2 is 1.04 bits per heavy atom. The average Bonchev–Trinajstić information content (AvgIpc) is 3.95. The molecule has 3 heterocycles. The number of furan rings is 1. The number of nitrogens with zero attached hydrogens (tertiary/aromatic N) is 2. The van der Waals surface area contributed by atoms with E-state index in [0.29, 0.717) is 0 Å². The predicted molar refractivity (Wildman–Crippen MR) is 222 cm³/mol. The summed E-state index contributed by atoms with van der Waals surface area (Å²) in [5.41, 5.74) is 14.1. The second-order valence-electron chi connectivity index (χ2n) is 14.4. The van der Waals surface area contributed by atoms with Crippen LogP contribution in [0.2, 0.25) is 0 Å². The molecule has 244 valence electrons. The Balaban J connectivity index is 1.25. The molecular formula is C50H28N2O. The minimum atomic E-state index is 0.896. The van der Waals surface area contributed by atoms with Crippen molar-refractivity contribution in [2.24, 2.45) is 0 Å². The van der Waals surface area contributed by atoms with E-state index in [2.05, 4.69) is 179 Å². The lowest BCUT2D eigenvalue weighted by molar-refractivity contribution is 0.669. The van der Waals surface area contributed by atoms with E-state index >= 15 is 0 Å². The van der Waals surface area contributed by atoms with Crippen LogP contribution < -0.4 is 0 Å². The monoisotopic (exact) mass is 672 g/mol. The molecule has 9 aromatic carbocycles. The maximum absolute atomic E-state index is 6.53. The van der Waals surface area contributed by atoms with Gasteiger partial charge in [-0.2, -0.15) is 0 Å². The summed E-state index contributed by atoms with van der Waals surface area (Å²) < 4.78 is 11.6. The zero-order valence-corrected chi connectivity index (χ0v) is 28.5. The minimum absolute atomic E-state index is 0.896. The van der Waals surface area contributed by atoms with Crippen molar-refractivity contribution < 1.29 is 4.42 Å². The first-order valence-electron chi connectivity index (χ1n) is 18.3. The summed E-state index contributed by atoms with van der Waals surface area (Å²) >= 11 is 0. The summed E-state index contributed by atoms with van der Waals surface area (Å²) in [5, 5.41) is 12.2. The SMILES string of the molecule is c1ccc2c(c1)-c1cccc3c(-n4c5ccccc5c5ccc6c(c7ccc8oc9ccccc9c8c7n6-c6ccc7ccccc7c6)c54)ccc-2c13. The van der Waals surface area contributed by atoms with Gasteiger partial charge >= 0.3 is 0 Å². The van der Waals surface area contributed by atoms with Crippen LogP contribution in [0.1, 0.15) is 0 Å². The highest BCUT2D eigenvalue weighted by Gasteiger charge is 2.27. The van der Waals surface area contributed by atoms with Crippen LogP contribution in [0, 0.1) is 0 Å². The van der Waals surface area contributed by atoms with E-state index in [-0.39, 0.29) is 0 Å². The molecule has 1 aliphatic rings. The molecule has 0 saturated carbocycles. The Bertz CT molecular complexity index is 3540. The van der Waals surface area contributed by atoms with Gasteiger partial charge in [0.1, 0.15) is 11.2 Å². The zero-order chi connectivity index (χ0) is 34.4. The number of fused-ring (bicyclic) bond motifs is 15. The van der Waals surface area contributed by atoms with Gasteiger partial charge in [-0.25, -0.2) is 0 Å². The third-order valence-electron chi connectivity index (χ3n) is 11.8. The van der Waals surface area contributed by atoms with Gasteiger partial charge in [0.05, 0.1) is 33.1 Å². The summed E-state index contributed by atoms with van der Waals surface area (Å²) in [4.78, 5) is 0. The molecule has 0 unspecified atom stereocenters. The number of hydrogen-bond acceptors (Lipinski definition) is 1. The molecule has 0 bridgehead atoms. The number of hydrogen-bond donors (Lipinski definition) is 0. The van der Waals surface area contributed by atoms with Crippen molar-refractivity contribution in [2.75, 3.05) is 0 Å². The molecule has 3 aromatic heterocycles. The van der Waals surface area contributed by atoms with Gasteiger partial charge in [-0.15, -0.1) is 0 Å². The third-order valence-corrected chi connectivity index (χ3v) is 11.8. The van der Waals surface area contributed by atoms with E-state index in [4.69, 9.17) is 4.42 Å². The standard InChI is InChI=1S/C50H28N2O/c1-2-11-30-28-31(21-20-29(30)10-1)51-43-26-23-37-34-14-5-7-18-41(34)52(42-25-22-36-33-13-4-3-12-32(33)35-16-9-17-38(42)46(35)36)49(37)47(43)40-24-27-45-48(50(40)51)39-15-6-8-19-44(39)53-45/h1-28H. The minimum Gasteiger partial charge on any atom is -0.456 e. The largest absolute Gasteiger partial charge is 0.456 e. The number of para-hydroxylation sites is 2. The molecule has 0 N–H and O–H groups in total. The predicted octanol–water partition coefficient (Wildman–Crippen LogP) is 13.7. The molecule has 3 nitrogen and oxygen atoms in total. The number of benzene rings is 9. The molecule has 0 amide bonds. The molecule has 0 aliphatic heterocycles. The second-order valence-corrected chi connectivity index (χ2v) is 14.4. The van der Waals surface area contributed by atoms with Crippen LogP contribution in [0.15, 0.2) is 174 Å². The van der Waals surface area contributed by atoms with E-state index in [1.807, 2.05) is 0 Å². The fraction of sp³-hybridized carbons (Fsp3) is 0. The quantitative estimate of drug-likeness (QED) is 0.179. The van der Waals surface area contributed by atoms with E-state index in [1.54, 1.807) is 0 Å². The molecule has 12 aromatic rings. The van der Waals surface area contributed by atoms with Crippen LogP contribution in [0.25, 0.3) is 121 Å². The fourth-order valence-corrected chi connectivity index (χ4v) is 9.67. The van der Waals surface area contributed by atoms with Crippen molar-refractivity contribution in [1.82, 2.24) is 9.13 Å². The summed E-state index contributed by atoms with van der Waals surface area (Å²) in [6.07, 6.45) is 0. The number of rotatable bonds is 2. The average molecular weight is 673 g/mol.